The number of halogens is 2. The van der Waals surface area contributed by atoms with Gasteiger partial charge < -0.3 is 5.32 Å². The van der Waals surface area contributed by atoms with Gasteiger partial charge in [-0.3, -0.25) is 4.79 Å². The summed E-state index contributed by atoms with van der Waals surface area (Å²) in [6, 6.07) is 0.762. The van der Waals surface area contributed by atoms with Crippen molar-refractivity contribution in [3.63, 3.8) is 0 Å². The first-order chi connectivity index (χ1) is 10.9. The Morgan fingerprint density at radius 3 is 3.00 bits per heavy atom. The molecule has 1 aliphatic rings. The minimum Gasteiger partial charge on any atom is -0.347 e. The summed E-state index contributed by atoms with van der Waals surface area (Å²) in [4.78, 5) is 15.5. The van der Waals surface area contributed by atoms with Crippen LogP contribution in [0.25, 0.3) is 0 Å². The molecule has 124 valence electrons. The van der Waals surface area contributed by atoms with Crippen molar-refractivity contribution in [3.05, 3.63) is 28.5 Å². The number of nitrogens with zero attached hydrogens (tertiary/aromatic N) is 3. The largest absolute Gasteiger partial charge is 0.347 e. The molecule has 0 fully saturated rings. The van der Waals surface area contributed by atoms with Crippen LogP contribution in [0.1, 0.15) is 21.9 Å². The molecule has 1 N–H and O–H groups in total. The lowest BCUT2D eigenvalue weighted by atomic mass is 10.1. The van der Waals surface area contributed by atoms with Gasteiger partial charge in [-0.05, 0) is 17.9 Å². The lowest BCUT2D eigenvalue weighted by molar-refractivity contribution is 0.0927. The molecule has 1 amide bonds. The zero-order chi connectivity index (χ0) is 16.6. The summed E-state index contributed by atoms with van der Waals surface area (Å²) in [5.41, 5.74) is 0. The van der Waals surface area contributed by atoms with Gasteiger partial charge in [0, 0.05) is 12.5 Å². The lowest BCUT2D eigenvalue weighted by Crippen LogP contribution is -2.41. The molecule has 23 heavy (non-hydrogen) atoms. The molecule has 11 heteroatoms. The quantitative estimate of drug-likeness (QED) is 0.878. The van der Waals surface area contributed by atoms with E-state index in [-0.39, 0.29) is 10.9 Å². The average Bonchev–Trinajstić information content (AvgIpc) is 3.15. The third-order valence-corrected chi connectivity index (χ3v) is 5.98. The topological polar surface area (TPSA) is 93.9 Å². The van der Waals surface area contributed by atoms with E-state index in [1.165, 1.54) is 11.7 Å². The number of nitrogens with one attached hydrogen (secondary N) is 1. The summed E-state index contributed by atoms with van der Waals surface area (Å²) in [5.74, 6) is -3.42. The molecule has 0 spiro atoms. The molecule has 1 atom stereocenters. The first-order valence-corrected chi connectivity index (χ1v) is 9.09. The van der Waals surface area contributed by atoms with Crippen LogP contribution in [0.3, 0.4) is 0 Å². The van der Waals surface area contributed by atoms with E-state index in [4.69, 9.17) is 0 Å². The Labute approximate surface area is 134 Å². The maximum absolute atomic E-state index is 12.7. The number of sulfone groups is 1. The number of alkyl halides is 2. The number of aromatic nitrogens is 3. The van der Waals surface area contributed by atoms with Gasteiger partial charge in [-0.15, -0.1) is 11.3 Å². The SMILES string of the molecule is O=C(N[C@H]1CCc2ncnn2C1)c1sccc1S(=O)(=O)C(F)F. The highest BCUT2D eigenvalue weighted by molar-refractivity contribution is 7.92. The van der Waals surface area contributed by atoms with E-state index >= 15 is 0 Å². The predicted molar refractivity (Wildman–Crippen MR) is 77.1 cm³/mol. The van der Waals surface area contributed by atoms with Crippen molar-refractivity contribution < 1.29 is 22.0 Å². The van der Waals surface area contributed by atoms with Crippen molar-refractivity contribution in [2.75, 3.05) is 0 Å². The molecule has 1 aliphatic heterocycles. The van der Waals surface area contributed by atoms with Crippen LogP contribution in [-0.2, 0) is 22.8 Å². The van der Waals surface area contributed by atoms with Gasteiger partial charge in [-0.1, -0.05) is 0 Å². The normalized spacial score (nSPS) is 18.0. The van der Waals surface area contributed by atoms with Crippen molar-refractivity contribution >= 4 is 27.1 Å². The molecule has 0 unspecified atom stereocenters. The van der Waals surface area contributed by atoms with Crippen LogP contribution < -0.4 is 5.32 Å². The van der Waals surface area contributed by atoms with Crippen LogP contribution in [-0.4, -0.2) is 40.9 Å². The van der Waals surface area contributed by atoms with Gasteiger partial charge in [0.15, 0.2) is 0 Å². The molecule has 0 saturated heterocycles. The second kappa shape index (κ2) is 5.96. The summed E-state index contributed by atoms with van der Waals surface area (Å²) in [7, 11) is -4.80. The minimum atomic E-state index is -4.80. The third kappa shape index (κ3) is 2.98. The maximum Gasteiger partial charge on any atom is 0.341 e. The van der Waals surface area contributed by atoms with Crippen molar-refractivity contribution in [3.8, 4) is 0 Å². The fraction of sp³-hybridized carbons (Fsp3) is 0.417. The smallest absolute Gasteiger partial charge is 0.341 e. The Kier molecular flexibility index (Phi) is 4.15. The second-order valence-electron chi connectivity index (χ2n) is 4.99. The Morgan fingerprint density at radius 1 is 1.48 bits per heavy atom. The average molecular weight is 362 g/mol. The van der Waals surface area contributed by atoms with E-state index in [9.17, 15) is 22.0 Å². The molecule has 3 heterocycles. The van der Waals surface area contributed by atoms with E-state index in [1.54, 1.807) is 4.68 Å². The fourth-order valence-electron chi connectivity index (χ4n) is 2.39. The van der Waals surface area contributed by atoms with Gasteiger partial charge in [0.25, 0.3) is 5.91 Å². The molecule has 0 radical (unpaired) electrons. The summed E-state index contributed by atoms with van der Waals surface area (Å²) in [6.45, 7) is 0.406. The number of aryl methyl sites for hydroxylation is 1. The molecule has 0 bridgehead atoms. The summed E-state index contributed by atoms with van der Waals surface area (Å²) in [5, 5.41) is 8.00. The van der Waals surface area contributed by atoms with Crippen LogP contribution in [0.4, 0.5) is 8.78 Å². The van der Waals surface area contributed by atoms with Crippen LogP contribution in [0.15, 0.2) is 22.7 Å². The predicted octanol–water partition coefficient (Wildman–Crippen LogP) is 1.08. The number of amides is 1. The van der Waals surface area contributed by atoms with E-state index in [1.807, 2.05) is 0 Å². The lowest BCUT2D eigenvalue weighted by Gasteiger charge is -2.23. The van der Waals surface area contributed by atoms with Crippen LogP contribution in [0, 0.1) is 0 Å². The monoisotopic (exact) mass is 362 g/mol. The molecule has 0 aliphatic carbocycles. The molecule has 3 rings (SSSR count). The Hall–Kier alpha value is -1.88. The highest BCUT2D eigenvalue weighted by Gasteiger charge is 2.33. The van der Waals surface area contributed by atoms with E-state index in [0.717, 1.165) is 23.2 Å². The van der Waals surface area contributed by atoms with E-state index < -0.39 is 26.4 Å². The van der Waals surface area contributed by atoms with Gasteiger partial charge in [-0.25, -0.2) is 18.1 Å². The van der Waals surface area contributed by atoms with Gasteiger partial charge in [-0.2, -0.15) is 13.9 Å². The van der Waals surface area contributed by atoms with Gasteiger partial charge in [0.1, 0.15) is 17.0 Å². The molecular weight excluding hydrogens is 350 g/mol. The van der Waals surface area contributed by atoms with Gasteiger partial charge in [0.2, 0.25) is 9.84 Å². The molecule has 2 aromatic rings. The van der Waals surface area contributed by atoms with Gasteiger partial charge in [0.05, 0.1) is 11.4 Å². The standard InChI is InChI=1S/C12H12F2N4O3S2/c13-12(14)23(20,21)8-3-4-22-10(8)11(19)17-7-1-2-9-15-6-16-18(9)5-7/h3-4,6-7,12H,1-2,5H2,(H,17,19)/t7-/m0/s1. The first-order valence-electron chi connectivity index (χ1n) is 6.66. The number of hydrogen-bond donors (Lipinski definition) is 1. The number of carbonyl (C=O) groups excluding carboxylic acids is 1. The van der Waals surface area contributed by atoms with Crippen molar-refractivity contribution in [2.24, 2.45) is 0 Å². The zero-order valence-electron chi connectivity index (χ0n) is 11.6. The van der Waals surface area contributed by atoms with Crippen LogP contribution in [0.5, 0.6) is 0 Å². The summed E-state index contributed by atoms with van der Waals surface area (Å²) >= 11 is 0.818. The first kappa shape index (κ1) is 16.0. The Morgan fingerprint density at radius 2 is 2.26 bits per heavy atom. The third-order valence-electron chi connectivity index (χ3n) is 3.52. The van der Waals surface area contributed by atoms with Crippen molar-refractivity contribution in [2.45, 2.75) is 36.1 Å². The van der Waals surface area contributed by atoms with E-state index in [0.29, 0.717) is 19.4 Å². The Bertz CT molecular complexity index is 831. The molecule has 7 nitrogen and oxygen atoms in total. The minimum absolute atomic E-state index is 0.227. The summed E-state index contributed by atoms with van der Waals surface area (Å²) < 4.78 is 50.2. The second-order valence-corrected chi connectivity index (χ2v) is 7.79. The molecule has 0 aromatic carbocycles. The number of thiophene rings is 1. The number of carbonyl (C=O) groups is 1. The Balaban J connectivity index is 1.77. The van der Waals surface area contributed by atoms with Crippen molar-refractivity contribution in [1.82, 2.24) is 20.1 Å². The number of rotatable bonds is 4. The highest BCUT2D eigenvalue weighted by atomic mass is 32.2. The highest BCUT2D eigenvalue weighted by Crippen LogP contribution is 2.27. The van der Waals surface area contributed by atoms with Crippen LogP contribution >= 0.6 is 11.3 Å². The summed E-state index contributed by atoms with van der Waals surface area (Å²) in [6.07, 6.45) is 2.66. The molecule has 2 aromatic heterocycles. The van der Waals surface area contributed by atoms with Gasteiger partial charge >= 0.3 is 5.76 Å². The number of hydrogen-bond acceptors (Lipinski definition) is 6. The maximum atomic E-state index is 12.7. The fourth-order valence-corrected chi connectivity index (χ4v) is 4.46. The van der Waals surface area contributed by atoms with Crippen molar-refractivity contribution in [1.29, 1.82) is 0 Å². The molecular formula is C12H12F2N4O3S2. The van der Waals surface area contributed by atoms with Crippen LogP contribution in [0.2, 0.25) is 0 Å². The molecule has 0 saturated carbocycles. The zero-order valence-corrected chi connectivity index (χ0v) is 13.3. The number of fused-ring (bicyclic) bond motifs is 1. The van der Waals surface area contributed by atoms with E-state index in [2.05, 4.69) is 15.4 Å².